The number of carbonyl (C=O) groups excluding carboxylic acids is 2. The van der Waals surface area contributed by atoms with Gasteiger partial charge in [0.2, 0.25) is 11.8 Å². The van der Waals surface area contributed by atoms with Crippen LogP contribution in [-0.4, -0.2) is 28.1 Å². The summed E-state index contributed by atoms with van der Waals surface area (Å²) in [4.78, 5) is 27.0. The number of imide groups is 1. The molecule has 3 saturated heterocycles. The first kappa shape index (κ1) is 15.2. The number of fused-ring (bicyclic) bond motifs is 5. The molecular weight excluding hydrogens is 341 g/mol. The molecule has 4 atom stereocenters. The van der Waals surface area contributed by atoms with Crippen LogP contribution in [-0.2, 0) is 14.3 Å². The molecule has 3 fully saturated rings. The Kier molecular flexibility index (Phi) is 2.92. The number of carbonyl (C=O) groups is 2. The van der Waals surface area contributed by atoms with Gasteiger partial charge in [0, 0.05) is 0 Å². The highest BCUT2D eigenvalue weighted by Gasteiger charge is 2.72. The predicted octanol–water partition coefficient (Wildman–Crippen LogP) is 3.15. The molecule has 0 aromatic heterocycles. The Morgan fingerprint density at radius 2 is 1.52 bits per heavy atom. The van der Waals surface area contributed by atoms with Gasteiger partial charge in [-0.25, -0.2) is 4.90 Å². The maximum absolute atomic E-state index is 12.9. The van der Waals surface area contributed by atoms with E-state index < -0.39 is 23.0 Å². The van der Waals surface area contributed by atoms with Crippen LogP contribution in [0, 0.1) is 11.8 Å². The lowest BCUT2D eigenvalue weighted by molar-refractivity contribution is -0.129. The zero-order chi connectivity index (χ0) is 16.7. The molecule has 0 spiro atoms. The van der Waals surface area contributed by atoms with Crippen LogP contribution in [0.5, 0.6) is 5.75 Å². The first-order valence-corrected chi connectivity index (χ1v) is 8.19. The van der Waals surface area contributed by atoms with Gasteiger partial charge in [-0.15, -0.1) is 0 Å². The molecule has 3 heterocycles. The fraction of sp³-hybridized carbons (Fsp3) is 0.500. The van der Waals surface area contributed by atoms with Crippen molar-refractivity contribution in [3.05, 3.63) is 22.2 Å². The van der Waals surface area contributed by atoms with Crippen LogP contribution in [0.4, 0.5) is 5.69 Å². The van der Waals surface area contributed by atoms with Crippen LogP contribution in [0.1, 0.15) is 26.7 Å². The van der Waals surface area contributed by atoms with Gasteiger partial charge in [0.1, 0.15) is 0 Å². The Labute approximate surface area is 143 Å². The molecule has 1 aromatic carbocycles. The highest BCUT2D eigenvalue weighted by atomic mass is 35.5. The number of ether oxygens (including phenoxy) is 1. The average molecular weight is 356 g/mol. The van der Waals surface area contributed by atoms with E-state index in [1.807, 2.05) is 13.8 Å². The van der Waals surface area contributed by atoms with Crippen LogP contribution in [0.25, 0.3) is 0 Å². The summed E-state index contributed by atoms with van der Waals surface area (Å²) in [6.07, 6.45) is 1.52. The van der Waals surface area contributed by atoms with Crippen molar-refractivity contribution >= 4 is 40.7 Å². The number of aromatic hydroxyl groups is 1. The van der Waals surface area contributed by atoms with Gasteiger partial charge in [-0.3, -0.25) is 9.59 Å². The maximum atomic E-state index is 12.9. The molecular formula is C16H15Cl2NO4. The number of hydrogen-bond acceptors (Lipinski definition) is 4. The van der Waals surface area contributed by atoms with Crippen molar-refractivity contribution in [1.82, 2.24) is 0 Å². The van der Waals surface area contributed by atoms with Gasteiger partial charge < -0.3 is 9.84 Å². The normalized spacial score (nSPS) is 38.5. The third kappa shape index (κ3) is 1.78. The first-order valence-electron chi connectivity index (χ1n) is 7.44. The largest absolute Gasteiger partial charge is 0.505 e. The minimum absolute atomic E-state index is 0.00167. The van der Waals surface area contributed by atoms with Crippen molar-refractivity contribution < 1.29 is 19.4 Å². The molecule has 7 heteroatoms. The van der Waals surface area contributed by atoms with E-state index in [1.165, 1.54) is 12.1 Å². The Morgan fingerprint density at radius 3 is 1.96 bits per heavy atom. The highest BCUT2D eigenvalue weighted by molar-refractivity contribution is 6.38. The number of nitrogens with zero attached hydrogens (tertiary/aromatic N) is 1. The summed E-state index contributed by atoms with van der Waals surface area (Å²) in [6.45, 7) is 3.79. The van der Waals surface area contributed by atoms with Gasteiger partial charge in [0.15, 0.2) is 5.75 Å². The lowest BCUT2D eigenvalue weighted by atomic mass is 9.69. The molecule has 23 heavy (non-hydrogen) atoms. The minimum atomic E-state index is -0.606. The van der Waals surface area contributed by atoms with Crippen LogP contribution >= 0.6 is 23.2 Å². The van der Waals surface area contributed by atoms with Crippen LogP contribution in [0.15, 0.2) is 12.1 Å². The molecule has 1 N–H and O–H groups in total. The van der Waals surface area contributed by atoms with Crippen molar-refractivity contribution in [1.29, 1.82) is 0 Å². The molecule has 0 unspecified atom stereocenters. The molecule has 2 amide bonds. The molecule has 2 bridgehead atoms. The molecule has 1 aromatic rings. The highest BCUT2D eigenvalue weighted by Crippen LogP contribution is 2.61. The summed E-state index contributed by atoms with van der Waals surface area (Å²) in [5.74, 6) is -1.81. The van der Waals surface area contributed by atoms with E-state index in [2.05, 4.69) is 0 Å². The summed E-state index contributed by atoms with van der Waals surface area (Å²) >= 11 is 11.9. The molecule has 3 aliphatic heterocycles. The molecule has 4 rings (SSSR count). The van der Waals surface area contributed by atoms with Crippen molar-refractivity contribution in [3.8, 4) is 5.75 Å². The first-order chi connectivity index (χ1) is 10.7. The maximum Gasteiger partial charge on any atom is 0.240 e. The summed E-state index contributed by atoms with van der Waals surface area (Å²) in [5.41, 5.74) is -0.926. The number of hydrogen-bond donors (Lipinski definition) is 1. The standard InChI is InChI=1S/C16H15Cl2NO4/c1-15-3-4-16(2,23-15)11-10(15)13(21)19(14(11)22)7-5-8(17)12(20)9(18)6-7/h5-6,10-11,20H,3-4H2,1-2H3/t10-,11+,15-,16+. The van der Waals surface area contributed by atoms with Crippen molar-refractivity contribution in [2.75, 3.05) is 4.90 Å². The number of phenolic OH excluding ortho intramolecular Hbond substituents is 1. The van der Waals surface area contributed by atoms with E-state index in [1.54, 1.807) is 0 Å². The van der Waals surface area contributed by atoms with Crippen molar-refractivity contribution in [3.63, 3.8) is 0 Å². The van der Waals surface area contributed by atoms with Gasteiger partial charge in [0.05, 0.1) is 38.8 Å². The van der Waals surface area contributed by atoms with Gasteiger partial charge in [0.25, 0.3) is 0 Å². The summed E-state index contributed by atoms with van der Waals surface area (Å²) in [5, 5.41) is 9.67. The predicted molar refractivity (Wildman–Crippen MR) is 84.7 cm³/mol. The zero-order valence-corrected chi connectivity index (χ0v) is 14.1. The number of amides is 2. The van der Waals surface area contributed by atoms with E-state index in [9.17, 15) is 14.7 Å². The van der Waals surface area contributed by atoms with Crippen molar-refractivity contribution in [2.45, 2.75) is 37.9 Å². The van der Waals surface area contributed by atoms with Crippen LogP contribution in [0.3, 0.4) is 0 Å². The average Bonchev–Trinajstić information content (AvgIpc) is 3.01. The summed E-state index contributed by atoms with van der Waals surface area (Å²) in [6, 6.07) is 2.76. The molecule has 3 aliphatic rings. The van der Waals surface area contributed by atoms with Crippen LogP contribution < -0.4 is 4.90 Å². The number of rotatable bonds is 1. The Hall–Kier alpha value is -1.30. The van der Waals surface area contributed by atoms with E-state index >= 15 is 0 Å². The number of phenols is 1. The quantitative estimate of drug-likeness (QED) is 0.785. The lowest BCUT2D eigenvalue weighted by Crippen LogP contribution is -2.40. The number of halogens is 2. The number of anilines is 1. The van der Waals surface area contributed by atoms with Gasteiger partial charge in [-0.05, 0) is 38.8 Å². The van der Waals surface area contributed by atoms with Gasteiger partial charge in [-0.2, -0.15) is 0 Å². The monoisotopic (exact) mass is 355 g/mol. The number of benzene rings is 1. The lowest BCUT2D eigenvalue weighted by Gasteiger charge is -2.27. The van der Waals surface area contributed by atoms with Gasteiger partial charge >= 0.3 is 0 Å². The third-order valence-electron chi connectivity index (χ3n) is 5.47. The molecule has 122 valence electrons. The molecule has 0 saturated carbocycles. The molecule has 0 radical (unpaired) electrons. The minimum Gasteiger partial charge on any atom is -0.505 e. The fourth-order valence-corrected chi connectivity index (χ4v) is 4.88. The van der Waals surface area contributed by atoms with E-state index in [0.29, 0.717) is 0 Å². The molecule has 5 nitrogen and oxygen atoms in total. The second kappa shape index (κ2) is 4.41. The topological polar surface area (TPSA) is 66.8 Å². The summed E-state index contributed by atoms with van der Waals surface area (Å²) < 4.78 is 6.05. The third-order valence-corrected chi connectivity index (χ3v) is 6.04. The van der Waals surface area contributed by atoms with Gasteiger partial charge in [-0.1, -0.05) is 23.2 Å². The van der Waals surface area contributed by atoms with E-state index in [-0.39, 0.29) is 33.3 Å². The van der Waals surface area contributed by atoms with Crippen LogP contribution in [0.2, 0.25) is 10.0 Å². The molecule has 0 aliphatic carbocycles. The second-order valence-electron chi connectivity index (χ2n) is 6.95. The fourth-order valence-electron chi connectivity index (χ4n) is 4.40. The van der Waals surface area contributed by atoms with Crippen molar-refractivity contribution in [2.24, 2.45) is 11.8 Å². The smallest absolute Gasteiger partial charge is 0.240 e. The van der Waals surface area contributed by atoms with E-state index in [0.717, 1.165) is 17.7 Å². The second-order valence-corrected chi connectivity index (χ2v) is 7.77. The van der Waals surface area contributed by atoms with E-state index in [4.69, 9.17) is 27.9 Å². The Morgan fingerprint density at radius 1 is 1.09 bits per heavy atom. The Bertz CT molecular complexity index is 709. The zero-order valence-electron chi connectivity index (χ0n) is 12.6. The SMILES string of the molecule is C[C@]12CC[C@](C)(O1)[C@@H]1C(=O)N(c3cc(Cl)c(O)c(Cl)c3)C(=O)[C@@H]12. The summed E-state index contributed by atoms with van der Waals surface area (Å²) in [7, 11) is 0. The Balaban J connectivity index is 1.82.